The molecule has 0 saturated heterocycles. The van der Waals surface area contributed by atoms with Crippen LogP contribution in [0.4, 0.5) is 11.4 Å². The molecule has 90 valence electrons. The SMILES string of the molecule is CC(=O)N1c2ccccc2[S+](C)c2ccccc21. The lowest BCUT2D eigenvalue weighted by atomic mass is 10.2. The normalized spacial score (nSPS) is 14.0. The zero-order valence-corrected chi connectivity index (χ0v) is 11.2. The van der Waals surface area contributed by atoms with E-state index in [1.54, 1.807) is 6.92 Å². The first-order chi connectivity index (χ1) is 8.70. The molecule has 18 heavy (non-hydrogen) atoms. The molecule has 1 amide bonds. The third kappa shape index (κ3) is 1.55. The molecule has 2 aromatic carbocycles. The summed E-state index contributed by atoms with van der Waals surface area (Å²) in [6.07, 6.45) is 2.22. The smallest absolute Gasteiger partial charge is 0.228 e. The number of benzene rings is 2. The number of hydrogen-bond donors (Lipinski definition) is 0. The predicted octanol–water partition coefficient (Wildman–Crippen LogP) is 3.35. The predicted molar refractivity (Wildman–Crippen MR) is 75.5 cm³/mol. The summed E-state index contributed by atoms with van der Waals surface area (Å²) in [6, 6.07) is 16.3. The average molecular weight is 256 g/mol. The summed E-state index contributed by atoms with van der Waals surface area (Å²) in [6.45, 7) is 1.62. The molecule has 0 radical (unpaired) electrons. The summed E-state index contributed by atoms with van der Waals surface area (Å²) in [5, 5.41) is 0. The minimum atomic E-state index is 0.0288. The van der Waals surface area contributed by atoms with E-state index in [1.165, 1.54) is 9.79 Å². The van der Waals surface area contributed by atoms with Crippen molar-refractivity contribution in [1.82, 2.24) is 0 Å². The Morgan fingerprint density at radius 3 is 1.83 bits per heavy atom. The first kappa shape index (κ1) is 11.4. The van der Waals surface area contributed by atoms with Crippen LogP contribution in [0.25, 0.3) is 0 Å². The number of hydrogen-bond acceptors (Lipinski definition) is 1. The number of amides is 1. The van der Waals surface area contributed by atoms with Gasteiger partial charge in [-0.2, -0.15) is 0 Å². The van der Waals surface area contributed by atoms with Crippen LogP contribution in [0.2, 0.25) is 0 Å². The van der Waals surface area contributed by atoms with Crippen LogP contribution in [0.15, 0.2) is 58.3 Å². The van der Waals surface area contributed by atoms with E-state index < -0.39 is 0 Å². The second kappa shape index (κ2) is 4.18. The number of nitrogens with zero attached hydrogens (tertiary/aromatic N) is 1. The van der Waals surface area contributed by atoms with Gasteiger partial charge in [-0.05, 0) is 24.3 Å². The average Bonchev–Trinajstić information content (AvgIpc) is 2.39. The van der Waals surface area contributed by atoms with Crippen LogP contribution in [-0.2, 0) is 15.7 Å². The molecule has 0 spiro atoms. The van der Waals surface area contributed by atoms with Gasteiger partial charge in [0.15, 0.2) is 9.79 Å². The molecule has 0 saturated carbocycles. The highest BCUT2D eigenvalue weighted by Gasteiger charge is 2.37. The molecule has 0 bridgehead atoms. The molecule has 0 N–H and O–H groups in total. The van der Waals surface area contributed by atoms with Gasteiger partial charge in [-0.1, -0.05) is 24.3 Å². The van der Waals surface area contributed by atoms with Gasteiger partial charge < -0.3 is 0 Å². The Balaban J connectivity index is 2.30. The van der Waals surface area contributed by atoms with Crippen molar-refractivity contribution >= 4 is 28.2 Å². The van der Waals surface area contributed by atoms with E-state index in [0.29, 0.717) is 0 Å². The summed E-state index contributed by atoms with van der Waals surface area (Å²) in [7, 11) is 0.0288. The number of fused-ring (bicyclic) bond motifs is 2. The van der Waals surface area contributed by atoms with Crippen LogP contribution in [0.5, 0.6) is 0 Å². The Kier molecular flexibility index (Phi) is 2.63. The summed E-state index contributed by atoms with van der Waals surface area (Å²) < 4.78 is 0. The van der Waals surface area contributed by atoms with Crippen molar-refractivity contribution in [3.05, 3.63) is 48.5 Å². The zero-order valence-electron chi connectivity index (χ0n) is 10.4. The molecule has 2 nitrogen and oxygen atoms in total. The highest BCUT2D eigenvalue weighted by atomic mass is 32.2. The Hall–Kier alpha value is -1.74. The fourth-order valence-corrected chi connectivity index (χ4v) is 4.14. The number of para-hydroxylation sites is 2. The molecule has 3 rings (SSSR count). The molecule has 0 aromatic heterocycles. The first-order valence-electron chi connectivity index (χ1n) is 5.85. The quantitative estimate of drug-likeness (QED) is 0.662. The fraction of sp³-hybridized carbons (Fsp3) is 0.133. The van der Waals surface area contributed by atoms with E-state index in [0.717, 1.165) is 11.4 Å². The molecule has 3 heteroatoms. The Morgan fingerprint density at radius 2 is 1.39 bits per heavy atom. The van der Waals surface area contributed by atoms with Gasteiger partial charge >= 0.3 is 0 Å². The third-order valence-electron chi connectivity index (χ3n) is 3.19. The Labute approximate surface area is 110 Å². The highest BCUT2D eigenvalue weighted by Crippen LogP contribution is 2.43. The summed E-state index contributed by atoms with van der Waals surface area (Å²) >= 11 is 0. The number of anilines is 2. The molecule has 0 fully saturated rings. The maximum atomic E-state index is 12.0. The van der Waals surface area contributed by atoms with Crippen LogP contribution in [-0.4, -0.2) is 12.2 Å². The lowest BCUT2D eigenvalue weighted by molar-refractivity contribution is -0.115. The summed E-state index contributed by atoms with van der Waals surface area (Å²) in [4.78, 5) is 16.3. The van der Waals surface area contributed by atoms with Crippen LogP contribution in [0.3, 0.4) is 0 Å². The van der Waals surface area contributed by atoms with Crippen molar-refractivity contribution in [1.29, 1.82) is 0 Å². The number of rotatable bonds is 0. The summed E-state index contributed by atoms with van der Waals surface area (Å²) in [5.74, 6) is 0.0617. The third-order valence-corrected chi connectivity index (χ3v) is 5.20. The maximum absolute atomic E-state index is 12.0. The van der Waals surface area contributed by atoms with Crippen molar-refractivity contribution in [3.8, 4) is 0 Å². The molecule has 0 atom stereocenters. The van der Waals surface area contributed by atoms with Crippen LogP contribution in [0, 0.1) is 0 Å². The fourth-order valence-electron chi connectivity index (χ4n) is 2.39. The largest absolute Gasteiger partial charge is 0.274 e. The molecule has 0 unspecified atom stereocenters. The maximum Gasteiger partial charge on any atom is 0.228 e. The van der Waals surface area contributed by atoms with Crippen LogP contribution >= 0.6 is 0 Å². The van der Waals surface area contributed by atoms with E-state index in [4.69, 9.17) is 0 Å². The van der Waals surface area contributed by atoms with E-state index in [1.807, 2.05) is 41.3 Å². The molecule has 1 aliphatic rings. The zero-order chi connectivity index (χ0) is 12.7. The minimum absolute atomic E-state index is 0.0288. The Morgan fingerprint density at radius 1 is 0.944 bits per heavy atom. The molecular weight excluding hydrogens is 242 g/mol. The van der Waals surface area contributed by atoms with Crippen molar-refractivity contribution in [2.75, 3.05) is 11.2 Å². The topological polar surface area (TPSA) is 20.3 Å². The van der Waals surface area contributed by atoms with Gasteiger partial charge in [0, 0.05) is 6.92 Å². The second-order valence-electron chi connectivity index (χ2n) is 4.30. The van der Waals surface area contributed by atoms with E-state index in [9.17, 15) is 4.79 Å². The van der Waals surface area contributed by atoms with E-state index >= 15 is 0 Å². The molecule has 1 heterocycles. The van der Waals surface area contributed by atoms with Gasteiger partial charge in [0.2, 0.25) is 5.91 Å². The van der Waals surface area contributed by atoms with Gasteiger partial charge in [0.05, 0.1) is 10.9 Å². The minimum Gasteiger partial charge on any atom is -0.274 e. The highest BCUT2D eigenvalue weighted by molar-refractivity contribution is 7.96. The van der Waals surface area contributed by atoms with Gasteiger partial charge in [-0.3, -0.25) is 9.69 Å². The standard InChI is InChI=1S/C15H14NOS/c1-11(17)16-12-7-3-5-9-14(12)18(2)15-10-6-4-8-13(15)16/h3-10H,1-2H3/q+1. The number of carbonyl (C=O) groups is 1. The van der Waals surface area contributed by atoms with Crippen molar-refractivity contribution < 1.29 is 4.79 Å². The van der Waals surface area contributed by atoms with Gasteiger partial charge in [0.1, 0.15) is 17.6 Å². The Bertz CT molecular complexity index is 576. The van der Waals surface area contributed by atoms with E-state index in [-0.39, 0.29) is 16.8 Å². The van der Waals surface area contributed by atoms with Crippen molar-refractivity contribution in [3.63, 3.8) is 0 Å². The molecular formula is C15H14NOS+. The first-order valence-corrected chi connectivity index (χ1v) is 7.48. The lowest BCUT2D eigenvalue weighted by Crippen LogP contribution is -2.29. The van der Waals surface area contributed by atoms with Gasteiger partial charge in [0.25, 0.3) is 0 Å². The molecule has 1 aliphatic heterocycles. The van der Waals surface area contributed by atoms with Crippen molar-refractivity contribution in [2.24, 2.45) is 0 Å². The van der Waals surface area contributed by atoms with Gasteiger partial charge in [-0.25, -0.2) is 0 Å². The molecule has 2 aromatic rings. The monoisotopic (exact) mass is 256 g/mol. The van der Waals surface area contributed by atoms with Crippen molar-refractivity contribution in [2.45, 2.75) is 16.7 Å². The lowest BCUT2D eigenvalue weighted by Gasteiger charge is -2.28. The summed E-state index contributed by atoms with van der Waals surface area (Å²) in [5.41, 5.74) is 2.05. The van der Waals surface area contributed by atoms with Gasteiger partial charge in [-0.15, -0.1) is 0 Å². The van der Waals surface area contributed by atoms with Crippen LogP contribution < -0.4 is 4.90 Å². The van der Waals surface area contributed by atoms with E-state index in [2.05, 4.69) is 18.4 Å². The second-order valence-corrected chi connectivity index (χ2v) is 6.20. The molecule has 0 aliphatic carbocycles. The van der Waals surface area contributed by atoms with Crippen LogP contribution in [0.1, 0.15) is 6.92 Å². The number of carbonyl (C=O) groups excluding carboxylic acids is 1.